The Morgan fingerprint density at radius 3 is 3.00 bits per heavy atom. The first-order valence-electron chi connectivity index (χ1n) is 3.80. The van der Waals surface area contributed by atoms with Gasteiger partial charge in [-0.3, -0.25) is 0 Å². The smallest absolute Gasteiger partial charge is 0.213 e. The number of aryl methyl sites for hydroxylation is 1. The van der Waals surface area contributed by atoms with Crippen molar-refractivity contribution in [1.29, 1.82) is 0 Å². The van der Waals surface area contributed by atoms with Crippen LogP contribution in [0.25, 0.3) is 11.0 Å². The van der Waals surface area contributed by atoms with Crippen LogP contribution in [0.3, 0.4) is 0 Å². The highest BCUT2D eigenvalue weighted by atomic mass is 16.5. The normalized spacial score (nSPS) is 10.5. The Morgan fingerprint density at radius 2 is 2.25 bits per heavy atom. The van der Waals surface area contributed by atoms with E-state index >= 15 is 0 Å². The minimum absolute atomic E-state index is 0.658. The Kier molecular flexibility index (Phi) is 1.50. The average molecular weight is 162 g/mol. The van der Waals surface area contributed by atoms with Gasteiger partial charge in [0.05, 0.1) is 18.1 Å². The van der Waals surface area contributed by atoms with E-state index in [0.717, 1.165) is 16.6 Å². The zero-order valence-electron chi connectivity index (χ0n) is 7.09. The maximum Gasteiger partial charge on any atom is 0.213 e. The Morgan fingerprint density at radius 1 is 1.42 bits per heavy atom. The lowest BCUT2D eigenvalue weighted by molar-refractivity contribution is 0.399. The van der Waals surface area contributed by atoms with Gasteiger partial charge in [-0.1, -0.05) is 0 Å². The van der Waals surface area contributed by atoms with Gasteiger partial charge in [0.15, 0.2) is 0 Å². The van der Waals surface area contributed by atoms with Crippen LogP contribution in [0.5, 0.6) is 5.88 Å². The van der Waals surface area contributed by atoms with Crippen molar-refractivity contribution in [2.75, 3.05) is 7.11 Å². The molecule has 0 unspecified atom stereocenters. The first-order valence-corrected chi connectivity index (χ1v) is 3.80. The molecule has 62 valence electrons. The highest BCUT2D eigenvalue weighted by Crippen LogP contribution is 2.18. The summed E-state index contributed by atoms with van der Waals surface area (Å²) in [6, 6.07) is 3.81. The van der Waals surface area contributed by atoms with Crippen LogP contribution in [-0.4, -0.2) is 17.1 Å². The summed E-state index contributed by atoms with van der Waals surface area (Å²) in [4.78, 5) is 7.42. The fraction of sp³-hybridized carbons (Fsp3) is 0.222. The highest BCUT2D eigenvalue weighted by molar-refractivity contribution is 5.78. The summed E-state index contributed by atoms with van der Waals surface area (Å²) in [7, 11) is 1.62. The number of pyridine rings is 1. The molecular formula is C9H10N2O. The van der Waals surface area contributed by atoms with Crippen LogP contribution >= 0.6 is 0 Å². The molecule has 0 atom stereocenters. The van der Waals surface area contributed by atoms with Crippen LogP contribution in [0, 0.1) is 6.92 Å². The van der Waals surface area contributed by atoms with E-state index in [1.54, 1.807) is 7.11 Å². The Hall–Kier alpha value is -1.51. The van der Waals surface area contributed by atoms with Gasteiger partial charge in [-0.2, -0.15) is 0 Å². The van der Waals surface area contributed by atoms with Crippen LogP contribution < -0.4 is 4.74 Å². The van der Waals surface area contributed by atoms with Crippen molar-refractivity contribution < 1.29 is 4.74 Å². The molecule has 0 aliphatic carbocycles. The van der Waals surface area contributed by atoms with E-state index in [4.69, 9.17) is 4.74 Å². The summed E-state index contributed by atoms with van der Waals surface area (Å²) in [6.45, 7) is 2.02. The van der Waals surface area contributed by atoms with Gasteiger partial charge >= 0.3 is 0 Å². The third kappa shape index (κ3) is 0.942. The number of nitrogens with zero attached hydrogens (tertiary/aromatic N) is 1. The minimum Gasteiger partial charge on any atom is -0.481 e. The van der Waals surface area contributed by atoms with Gasteiger partial charge in [-0.05, 0) is 18.6 Å². The molecular weight excluding hydrogens is 152 g/mol. The first kappa shape index (κ1) is 7.16. The molecule has 0 aliphatic rings. The van der Waals surface area contributed by atoms with Gasteiger partial charge in [0.1, 0.15) is 0 Å². The largest absolute Gasteiger partial charge is 0.481 e. The van der Waals surface area contributed by atoms with Crippen molar-refractivity contribution in [3.05, 3.63) is 23.9 Å². The standard InChI is InChI=1S/C9H10N2O/c1-6-5-10-7-3-4-8(12-2)11-9(6)7/h3-5,10H,1-2H3. The molecule has 12 heavy (non-hydrogen) atoms. The van der Waals surface area contributed by atoms with Crippen molar-refractivity contribution in [3.63, 3.8) is 0 Å². The Balaban J connectivity index is 2.71. The molecule has 0 bridgehead atoms. The highest BCUT2D eigenvalue weighted by Gasteiger charge is 2.01. The van der Waals surface area contributed by atoms with Gasteiger partial charge in [-0.15, -0.1) is 0 Å². The number of aromatic amines is 1. The maximum absolute atomic E-state index is 5.02. The number of aromatic nitrogens is 2. The third-order valence-electron chi connectivity index (χ3n) is 1.90. The number of H-pyrrole nitrogens is 1. The lowest BCUT2D eigenvalue weighted by Crippen LogP contribution is -1.86. The molecule has 0 saturated carbocycles. The predicted molar refractivity (Wildman–Crippen MR) is 47.4 cm³/mol. The van der Waals surface area contributed by atoms with Crippen LogP contribution in [0.4, 0.5) is 0 Å². The second-order valence-corrected chi connectivity index (χ2v) is 2.72. The first-order chi connectivity index (χ1) is 5.81. The number of nitrogens with one attached hydrogen (secondary N) is 1. The number of methoxy groups -OCH3 is 1. The topological polar surface area (TPSA) is 37.9 Å². The van der Waals surface area contributed by atoms with Gasteiger partial charge in [0.25, 0.3) is 0 Å². The van der Waals surface area contributed by atoms with E-state index < -0.39 is 0 Å². The summed E-state index contributed by atoms with van der Waals surface area (Å²) in [6.07, 6.45) is 1.94. The number of rotatable bonds is 1. The fourth-order valence-corrected chi connectivity index (χ4v) is 1.23. The van der Waals surface area contributed by atoms with E-state index in [1.165, 1.54) is 0 Å². The summed E-state index contributed by atoms with van der Waals surface area (Å²) < 4.78 is 5.02. The van der Waals surface area contributed by atoms with Crippen LogP contribution in [0.1, 0.15) is 5.56 Å². The van der Waals surface area contributed by atoms with Gasteiger partial charge < -0.3 is 9.72 Å². The molecule has 3 nitrogen and oxygen atoms in total. The van der Waals surface area contributed by atoms with E-state index in [0.29, 0.717) is 5.88 Å². The molecule has 1 N–H and O–H groups in total. The quantitative estimate of drug-likeness (QED) is 0.695. The van der Waals surface area contributed by atoms with Gasteiger partial charge in [0.2, 0.25) is 5.88 Å². The molecule has 0 fully saturated rings. The monoisotopic (exact) mass is 162 g/mol. The van der Waals surface area contributed by atoms with Crippen molar-refractivity contribution in [3.8, 4) is 5.88 Å². The van der Waals surface area contributed by atoms with Crippen molar-refractivity contribution in [2.24, 2.45) is 0 Å². The molecule has 0 amide bonds. The minimum atomic E-state index is 0.658. The Bertz CT molecular complexity index is 406. The molecule has 2 aromatic heterocycles. The Labute approximate surface area is 70.4 Å². The van der Waals surface area contributed by atoms with Crippen LogP contribution in [0.2, 0.25) is 0 Å². The fourth-order valence-electron chi connectivity index (χ4n) is 1.23. The number of ether oxygens (including phenoxy) is 1. The molecule has 0 spiro atoms. The molecule has 0 radical (unpaired) electrons. The van der Waals surface area contributed by atoms with E-state index in [9.17, 15) is 0 Å². The molecule has 0 aliphatic heterocycles. The van der Waals surface area contributed by atoms with E-state index in [-0.39, 0.29) is 0 Å². The van der Waals surface area contributed by atoms with Crippen LogP contribution in [-0.2, 0) is 0 Å². The molecule has 2 heterocycles. The number of hydrogen-bond donors (Lipinski definition) is 1. The van der Waals surface area contributed by atoms with Crippen LogP contribution in [0.15, 0.2) is 18.3 Å². The SMILES string of the molecule is COc1ccc2[nH]cc(C)c2n1. The van der Waals surface area contributed by atoms with Gasteiger partial charge in [-0.25, -0.2) is 4.98 Å². The third-order valence-corrected chi connectivity index (χ3v) is 1.90. The molecule has 2 aromatic rings. The molecule has 0 saturated heterocycles. The molecule has 3 heteroatoms. The van der Waals surface area contributed by atoms with Crippen molar-refractivity contribution >= 4 is 11.0 Å². The van der Waals surface area contributed by atoms with E-state index in [1.807, 2.05) is 25.3 Å². The summed E-state index contributed by atoms with van der Waals surface area (Å²) in [5.41, 5.74) is 3.17. The average Bonchev–Trinajstić information content (AvgIpc) is 2.47. The molecule has 0 aromatic carbocycles. The summed E-state index contributed by atoms with van der Waals surface area (Å²) in [5, 5.41) is 0. The summed E-state index contributed by atoms with van der Waals surface area (Å²) >= 11 is 0. The van der Waals surface area contributed by atoms with E-state index in [2.05, 4.69) is 9.97 Å². The summed E-state index contributed by atoms with van der Waals surface area (Å²) in [5.74, 6) is 0.658. The second kappa shape index (κ2) is 2.52. The number of fused-ring (bicyclic) bond motifs is 1. The zero-order chi connectivity index (χ0) is 8.55. The van der Waals surface area contributed by atoms with Crippen molar-refractivity contribution in [1.82, 2.24) is 9.97 Å². The second-order valence-electron chi connectivity index (χ2n) is 2.72. The zero-order valence-corrected chi connectivity index (χ0v) is 7.09. The van der Waals surface area contributed by atoms with Crippen molar-refractivity contribution in [2.45, 2.75) is 6.92 Å². The lowest BCUT2D eigenvalue weighted by atomic mass is 10.3. The lowest BCUT2D eigenvalue weighted by Gasteiger charge is -1.97. The van der Waals surface area contributed by atoms with Gasteiger partial charge in [0, 0.05) is 12.3 Å². The maximum atomic E-state index is 5.02. The predicted octanol–water partition coefficient (Wildman–Crippen LogP) is 1.88. The molecule has 2 rings (SSSR count). The number of hydrogen-bond acceptors (Lipinski definition) is 2.